The molecule has 2 N–H and O–H groups in total. The average molecular weight is 529 g/mol. The highest BCUT2D eigenvalue weighted by Gasteiger charge is 2.26. The minimum Gasteiger partial charge on any atom is -0.491 e. The minimum absolute atomic E-state index is 0.169. The van der Waals surface area contributed by atoms with Crippen molar-refractivity contribution in [3.05, 3.63) is 42.8 Å². The second-order valence-corrected chi connectivity index (χ2v) is 10.5. The molecule has 202 valence electrons. The molecule has 0 aliphatic carbocycles. The van der Waals surface area contributed by atoms with Gasteiger partial charge in [0.25, 0.3) is 5.89 Å². The molecule has 0 unspecified atom stereocenters. The molecule has 39 heavy (non-hydrogen) atoms. The van der Waals surface area contributed by atoms with Gasteiger partial charge in [0.1, 0.15) is 48.0 Å². The number of piperazine rings is 1. The summed E-state index contributed by atoms with van der Waals surface area (Å²) in [4.78, 5) is 20.6. The minimum atomic E-state index is -0.169. The number of methoxy groups -OCH3 is 1. The lowest BCUT2D eigenvalue weighted by molar-refractivity contribution is 0.146. The van der Waals surface area contributed by atoms with Crippen molar-refractivity contribution in [2.45, 2.75) is 5.24 Å². The zero-order chi connectivity index (χ0) is 27.4. The topological polar surface area (TPSA) is 123 Å². The van der Waals surface area contributed by atoms with Crippen molar-refractivity contribution in [2.75, 3.05) is 75.1 Å². The van der Waals surface area contributed by atoms with Gasteiger partial charge in [0, 0.05) is 58.1 Å². The van der Waals surface area contributed by atoms with E-state index in [0.717, 1.165) is 50.8 Å². The zero-order valence-corrected chi connectivity index (χ0v) is 23.1. The van der Waals surface area contributed by atoms with E-state index in [1.54, 1.807) is 13.3 Å². The second kappa shape index (κ2) is 11.6. The van der Waals surface area contributed by atoms with Gasteiger partial charge in [0.15, 0.2) is 5.65 Å². The first kappa shape index (κ1) is 26.9. The van der Waals surface area contributed by atoms with Crippen LogP contribution in [0.5, 0.6) is 5.75 Å². The summed E-state index contributed by atoms with van der Waals surface area (Å²) < 4.78 is 17.6. The van der Waals surface area contributed by atoms with Crippen LogP contribution >= 0.6 is 0 Å². The Hall–Kier alpha value is -3.71. The first-order valence-corrected chi connectivity index (χ1v) is 13.2. The molecular formula is C24H34B3N9O3. The Balaban J connectivity index is 1.21. The maximum atomic E-state index is 6.30. The first-order valence-electron chi connectivity index (χ1n) is 13.2. The summed E-state index contributed by atoms with van der Waals surface area (Å²) in [5.41, 5.74) is 8.11. The van der Waals surface area contributed by atoms with E-state index in [0.29, 0.717) is 30.6 Å². The highest BCUT2D eigenvalue weighted by Crippen LogP contribution is 2.24. The number of benzene rings is 1. The molecule has 1 aliphatic rings. The smallest absolute Gasteiger partial charge is 0.266 e. The number of hydrogen-bond acceptors (Lipinski definition) is 11. The fraction of sp³-hybridized carbons (Fsp3) is 0.417. The van der Waals surface area contributed by atoms with Crippen LogP contribution in [0.3, 0.4) is 0 Å². The lowest BCUT2D eigenvalue weighted by Crippen LogP contribution is -2.55. The molecule has 1 aromatic carbocycles. The molecule has 0 atom stereocenters. The van der Waals surface area contributed by atoms with E-state index in [4.69, 9.17) is 19.6 Å². The number of ether oxygens (including phenoxy) is 2. The number of oxazole rings is 1. The van der Waals surface area contributed by atoms with Gasteiger partial charge in [-0.1, -0.05) is 0 Å². The third-order valence-electron chi connectivity index (χ3n) is 6.82. The van der Waals surface area contributed by atoms with Gasteiger partial charge in [0.2, 0.25) is 11.8 Å². The van der Waals surface area contributed by atoms with Crippen LogP contribution in [0.4, 0.5) is 17.5 Å². The molecule has 4 aromatic rings. The third kappa shape index (κ3) is 6.31. The van der Waals surface area contributed by atoms with Crippen LogP contribution in [0.2, 0.25) is 0 Å². The van der Waals surface area contributed by atoms with Gasteiger partial charge in [-0.05, 0) is 29.5 Å². The number of nitrogens with two attached hydrogens (primary N) is 1. The molecule has 1 aliphatic heterocycles. The molecule has 4 heterocycles. The third-order valence-corrected chi connectivity index (χ3v) is 6.82. The van der Waals surface area contributed by atoms with Crippen LogP contribution in [0.25, 0.3) is 17.4 Å². The maximum absolute atomic E-state index is 6.30. The number of nitrogens with zero attached hydrogens (tertiary/aromatic N) is 8. The largest absolute Gasteiger partial charge is 0.491 e. The number of rotatable bonds is 11. The van der Waals surface area contributed by atoms with Crippen molar-refractivity contribution in [1.82, 2.24) is 29.5 Å². The number of hydrogen-bond donors (Lipinski definition) is 1. The monoisotopic (exact) mass is 529 g/mol. The van der Waals surface area contributed by atoms with Crippen molar-refractivity contribution in [3.8, 4) is 17.5 Å². The van der Waals surface area contributed by atoms with E-state index in [2.05, 4.69) is 70.4 Å². The van der Waals surface area contributed by atoms with E-state index in [1.807, 2.05) is 18.2 Å². The Kier molecular flexibility index (Phi) is 7.98. The molecule has 0 radical (unpaired) electrons. The van der Waals surface area contributed by atoms with Crippen LogP contribution < -0.4 is 20.3 Å². The summed E-state index contributed by atoms with van der Waals surface area (Å²) in [7, 11) is 8.21. The zero-order valence-electron chi connectivity index (χ0n) is 23.1. The SMILES string of the molecule is BC(B)(B)N(CCN1CCN(c2ccc(OCCOC)cc2)CC1)c1cc2nc(-c3ncco3)nn2c(N)n1. The number of anilines is 3. The van der Waals surface area contributed by atoms with Gasteiger partial charge in [-0.2, -0.15) is 9.50 Å². The van der Waals surface area contributed by atoms with Gasteiger partial charge in [-0.25, -0.2) is 9.97 Å². The Morgan fingerprint density at radius 2 is 1.85 bits per heavy atom. The van der Waals surface area contributed by atoms with Crippen molar-refractivity contribution in [3.63, 3.8) is 0 Å². The molecule has 0 spiro atoms. The Bertz CT molecular complexity index is 1360. The summed E-state index contributed by atoms with van der Waals surface area (Å²) in [6.45, 7) is 6.78. The van der Waals surface area contributed by atoms with Crippen molar-refractivity contribution >= 4 is 46.6 Å². The van der Waals surface area contributed by atoms with Crippen LogP contribution in [-0.2, 0) is 4.74 Å². The summed E-state index contributed by atoms with van der Waals surface area (Å²) in [6, 6.07) is 10.2. The lowest BCUT2D eigenvalue weighted by atomic mass is 9.48. The summed E-state index contributed by atoms with van der Waals surface area (Å²) >= 11 is 0. The van der Waals surface area contributed by atoms with Crippen molar-refractivity contribution in [1.29, 1.82) is 0 Å². The molecule has 3 aromatic heterocycles. The number of aromatic nitrogens is 5. The Morgan fingerprint density at radius 1 is 1.08 bits per heavy atom. The van der Waals surface area contributed by atoms with E-state index in [9.17, 15) is 0 Å². The van der Waals surface area contributed by atoms with E-state index < -0.39 is 0 Å². The van der Waals surface area contributed by atoms with Crippen LogP contribution in [0.15, 0.2) is 47.2 Å². The van der Waals surface area contributed by atoms with E-state index >= 15 is 0 Å². The predicted molar refractivity (Wildman–Crippen MR) is 159 cm³/mol. The quantitative estimate of drug-likeness (QED) is 0.181. The maximum Gasteiger partial charge on any atom is 0.266 e. The Labute approximate surface area is 230 Å². The predicted octanol–water partition coefficient (Wildman–Crippen LogP) is -1.47. The molecule has 5 rings (SSSR count). The highest BCUT2D eigenvalue weighted by atomic mass is 16.5. The molecule has 12 nitrogen and oxygen atoms in total. The van der Waals surface area contributed by atoms with Crippen LogP contribution in [0.1, 0.15) is 0 Å². The van der Waals surface area contributed by atoms with E-state index in [1.165, 1.54) is 16.5 Å². The average Bonchev–Trinajstić information content (AvgIpc) is 3.60. The number of fused-ring (bicyclic) bond motifs is 1. The van der Waals surface area contributed by atoms with Crippen molar-refractivity contribution < 1.29 is 13.9 Å². The fourth-order valence-electron chi connectivity index (χ4n) is 4.72. The summed E-state index contributed by atoms with van der Waals surface area (Å²) in [6.07, 6.45) is 3.05. The molecule has 1 fully saturated rings. The Morgan fingerprint density at radius 3 is 2.51 bits per heavy atom. The lowest BCUT2D eigenvalue weighted by Gasteiger charge is -2.41. The van der Waals surface area contributed by atoms with E-state index in [-0.39, 0.29) is 11.2 Å². The molecular weight excluding hydrogens is 495 g/mol. The van der Waals surface area contributed by atoms with Gasteiger partial charge < -0.3 is 29.4 Å². The molecule has 0 amide bonds. The molecule has 0 saturated carbocycles. The summed E-state index contributed by atoms with van der Waals surface area (Å²) in [5, 5.41) is 4.24. The standard InChI is InChI=1S/C24H34B3N9O3/c1-37-14-15-38-18-4-2-17(3-5-18)34-10-7-33(8-11-34)9-12-35(24(25,26)27)19-16-20-30-21(22-29-6-13-39-22)32-36(20)23(28)31-19/h2-6,13,16H,7-12,14-15,25-27H2,1H3,(H2,28,31). The second-order valence-electron chi connectivity index (χ2n) is 10.5. The van der Waals surface area contributed by atoms with Gasteiger partial charge in [-0.3, -0.25) is 4.90 Å². The van der Waals surface area contributed by atoms with Crippen LogP contribution in [-0.4, -0.2) is 118 Å². The molecule has 1 saturated heterocycles. The highest BCUT2D eigenvalue weighted by molar-refractivity contribution is 6.60. The molecule has 0 bridgehead atoms. The van der Waals surface area contributed by atoms with Gasteiger partial charge in [0.05, 0.1) is 12.8 Å². The van der Waals surface area contributed by atoms with Gasteiger partial charge in [-0.15, -0.1) is 5.10 Å². The van der Waals surface area contributed by atoms with Crippen molar-refractivity contribution in [2.24, 2.45) is 0 Å². The summed E-state index contributed by atoms with van der Waals surface area (Å²) in [5.74, 6) is 2.62. The van der Waals surface area contributed by atoms with Gasteiger partial charge >= 0.3 is 0 Å². The first-order chi connectivity index (χ1) is 18.8. The fourth-order valence-corrected chi connectivity index (χ4v) is 4.72. The normalized spacial score (nSPS) is 14.6. The molecule has 15 heteroatoms. The van der Waals surface area contributed by atoms with Crippen LogP contribution in [0, 0.1) is 0 Å². The number of nitrogen functional groups attached to an aromatic ring is 1.